The first-order valence-corrected chi connectivity index (χ1v) is 8.02. The molecule has 21 heavy (non-hydrogen) atoms. The zero-order valence-corrected chi connectivity index (χ0v) is 12.6. The van der Waals surface area contributed by atoms with Gasteiger partial charge in [-0.25, -0.2) is 0 Å². The fourth-order valence-electron chi connectivity index (χ4n) is 3.15. The van der Waals surface area contributed by atoms with Gasteiger partial charge in [-0.3, -0.25) is 4.79 Å². The third-order valence-electron chi connectivity index (χ3n) is 4.84. The third kappa shape index (κ3) is 2.95. The lowest BCUT2D eigenvalue weighted by molar-refractivity contribution is -0.126. The lowest BCUT2D eigenvalue weighted by Crippen LogP contribution is -2.44. The Morgan fingerprint density at radius 3 is 2.67 bits per heavy atom. The summed E-state index contributed by atoms with van der Waals surface area (Å²) in [5.74, 6) is 1.26. The largest absolute Gasteiger partial charge is 0.344 e. The lowest BCUT2D eigenvalue weighted by Gasteiger charge is -2.34. The number of hydrogen-bond donors (Lipinski definition) is 2. The van der Waals surface area contributed by atoms with Crippen LogP contribution in [0.25, 0.3) is 0 Å². The number of nitrogens with two attached hydrogens (primary N) is 1. The second-order valence-electron chi connectivity index (χ2n) is 6.53. The molecule has 0 bridgehead atoms. The minimum absolute atomic E-state index is 0.105. The number of nitrogens with one attached hydrogen (secondary N) is 1. The van der Waals surface area contributed by atoms with E-state index in [0.29, 0.717) is 11.7 Å². The Hall–Kier alpha value is -1.43. The molecule has 6 heteroatoms. The minimum atomic E-state index is -0.422. The zero-order valence-electron chi connectivity index (χ0n) is 12.6. The molecule has 2 aliphatic carbocycles. The molecule has 1 amide bonds. The molecule has 0 aliphatic heterocycles. The van der Waals surface area contributed by atoms with E-state index in [-0.39, 0.29) is 17.9 Å². The van der Waals surface area contributed by atoms with Crippen LogP contribution in [0.3, 0.4) is 0 Å². The number of hydrogen-bond acceptors (Lipinski definition) is 5. The molecule has 1 heterocycles. The van der Waals surface area contributed by atoms with Gasteiger partial charge in [0, 0.05) is 5.92 Å². The van der Waals surface area contributed by atoms with Crippen molar-refractivity contribution < 1.29 is 9.32 Å². The Balaban J connectivity index is 1.60. The minimum Gasteiger partial charge on any atom is -0.344 e. The van der Waals surface area contributed by atoms with Crippen molar-refractivity contribution >= 4 is 5.91 Å². The summed E-state index contributed by atoms with van der Waals surface area (Å²) in [6, 6.07) is -0.260. The summed E-state index contributed by atoms with van der Waals surface area (Å²) < 4.78 is 5.28. The quantitative estimate of drug-likeness (QED) is 0.887. The first kappa shape index (κ1) is 14.5. The van der Waals surface area contributed by atoms with Gasteiger partial charge in [0.05, 0.1) is 5.54 Å². The summed E-state index contributed by atoms with van der Waals surface area (Å²) in [6.07, 6.45) is 8.40. The predicted molar refractivity (Wildman–Crippen MR) is 77.1 cm³/mol. The molecule has 0 unspecified atom stereocenters. The number of carbonyl (C=O) groups is 1. The number of amides is 1. The van der Waals surface area contributed by atoms with Crippen LogP contribution in [-0.4, -0.2) is 16.0 Å². The van der Waals surface area contributed by atoms with Crippen LogP contribution in [0.1, 0.15) is 76.0 Å². The normalized spacial score (nSPS) is 23.3. The van der Waals surface area contributed by atoms with Gasteiger partial charge < -0.3 is 15.6 Å². The van der Waals surface area contributed by atoms with Crippen molar-refractivity contribution in [3.8, 4) is 0 Å². The molecule has 1 atom stereocenters. The van der Waals surface area contributed by atoms with Crippen molar-refractivity contribution in [2.75, 3.05) is 0 Å². The summed E-state index contributed by atoms with van der Waals surface area (Å²) in [7, 11) is 0. The SMILES string of the molecule is C[C@H](NC(=O)C1CCCCC1)c1nc(C2(N)CCC2)no1. The first-order valence-electron chi connectivity index (χ1n) is 8.02. The number of carbonyl (C=O) groups excluding carboxylic acids is 1. The average molecular weight is 292 g/mol. The van der Waals surface area contributed by atoms with Crippen LogP contribution < -0.4 is 11.1 Å². The van der Waals surface area contributed by atoms with E-state index in [0.717, 1.165) is 44.9 Å². The van der Waals surface area contributed by atoms with Crippen LogP contribution in [0.15, 0.2) is 4.52 Å². The molecule has 2 saturated carbocycles. The van der Waals surface area contributed by atoms with E-state index in [1.807, 2.05) is 6.92 Å². The Kier molecular flexibility index (Phi) is 3.97. The van der Waals surface area contributed by atoms with E-state index in [1.54, 1.807) is 0 Å². The van der Waals surface area contributed by atoms with Crippen molar-refractivity contribution in [3.63, 3.8) is 0 Å². The maximum absolute atomic E-state index is 12.2. The third-order valence-corrected chi connectivity index (χ3v) is 4.84. The Labute approximate surface area is 124 Å². The fraction of sp³-hybridized carbons (Fsp3) is 0.800. The molecule has 0 radical (unpaired) electrons. The van der Waals surface area contributed by atoms with Crippen LogP contribution in [0.4, 0.5) is 0 Å². The number of rotatable bonds is 4. The zero-order chi connectivity index (χ0) is 14.9. The molecule has 0 aromatic carbocycles. The van der Waals surface area contributed by atoms with Gasteiger partial charge in [0.1, 0.15) is 6.04 Å². The topological polar surface area (TPSA) is 94.0 Å². The molecule has 3 N–H and O–H groups in total. The molecule has 1 aromatic rings. The average Bonchev–Trinajstić information content (AvgIpc) is 2.96. The Morgan fingerprint density at radius 1 is 1.33 bits per heavy atom. The summed E-state index contributed by atoms with van der Waals surface area (Å²) in [5, 5.41) is 6.98. The highest BCUT2D eigenvalue weighted by Crippen LogP contribution is 2.37. The van der Waals surface area contributed by atoms with E-state index < -0.39 is 5.54 Å². The second-order valence-corrected chi connectivity index (χ2v) is 6.53. The van der Waals surface area contributed by atoms with Gasteiger partial charge >= 0.3 is 0 Å². The molecular formula is C15H24N4O2. The smallest absolute Gasteiger partial charge is 0.248 e. The maximum Gasteiger partial charge on any atom is 0.248 e. The summed E-state index contributed by atoms with van der Waals surface area (Å²) >= 11 is 0. The van der Waals surface area contributed by atoms with E-state index in [2.05, 4.69) is 15.5 Å². The van der Waals surface area contributed by atoms with Gasteiger partial charge in [-0.15, -0.1) is 0 Å². The van der Waals surface area contributed by atoms with Gasteiger partial charge in [0.2, 0.25) is 11.8 Å². The monoisotopic (exact) mass is 292 g/mol. The van der Waals surface area contributed by atoms with Crippen molar-refractivity contribution in [2.24, 2.45) is 11.7 Å². The number of aromatic nitrogens is 2. The fourth-order valence-corrected chi connectivity index (χ4v) is 3.15. The van der Waals surface area contributed by atoms with Crippen LogP contribution >= 0.6 is 0 Å². The first-order chi connectivity index (χ1) is 10.1. The van der Waals surface area contributed by atoms with Crippen LogP contribution in [-0.2, 0) is 10.3 Å². The van der Waals surface area contributed by atoms with E-state index in [4.69, 9.17) is 10.3 Å². The molecule has 2 aliphatic rings. The molecule has 6 nitrogen and oxygen atoms in total. The Bertz CT molecular complexity index is 504. The van der Waals surface area contributed by atoms with E-state index >= 15 is 0 Å². The van der Waals surface area contributed by atoms with Crippen molar-refractivity contribution in [1.82, 2.24) is 15.5 Å². The highest BCUT2D eigenvalue weighted by atomic mass is 16.5. The van der Waals surface area contributed by atoms with Gasteiger partial charge in [-0.2, -0.15) is 4.98 Å². The highest BCUT2D eigenvalue weighted by molar-refractivity contribution is 5.79. The predicted octanol–water partition coefficient (Wildman–Crippen LogP) is 2.17. The summed E-state index contributed by atoms with van der Waals surface area (Å²) in [6.45, 7) is 1.88. The molecule has 116 valence electrons. The summed E-state index contributed by atoms with van der Waals surface area (Å²) in [4.78, 5) is 16.6. The molecule has 1 aromatic heterocycles. The van der Waals surface area contributed by atoms with Crippen LogP contribution in [0, 0.1) is 5.92 Å². The van der Waals surface area contributed by atoms with Gasteiger partial charge in [-0.05, 0) is 39.0 Å². The highest BCUT2D eigenvalue weighted by Gasteiger charge is 2.39. The second kappa shape index (κ2) is 5.75. The molecule has 3 rings (SSSR count). The molecule has 2 fully saturated rings. The van der Waals surface area contributed by atoms with Gasteiger partial charge in [-0.1, -0.05) is 24.4 Å². The Morgan fingerprint density at radius 2 is 2.05 bits per heavy atom. The van der Waals surface area contributed by atoms with E-state index in [9.17, 15) is 4.79 Å². The maximum atomic E-state index is 12.2. The number of nitrogens with zero attached hydrogens (tertiary/aromatic N) is 2. The standard InChI is InChI=1S/C15H24N4O2/c1-10(17-12(20)11-6-3-2-4-7-11)13-18-14(19-21-13)15(16)8-5-9-15/h10-11H,2-9,16H2,1H3,(H,17,20)/t10-/m0/s1. The lowest BCUT2D eigenvalue weighted by atomic mass is 9.77. The molecular weight excluding hydrogens is 268 g/mol. The van der Waals surface area contributed by atoms with Crippen LogP contribution in [0.5, 0.6) is 0 Å². The van der Waals surface area contributed by atoms with Crippen LogP contribution in [0.2, 0.25) is 0 Å². The molecule has 0 spiro atoms. The van der Waals surface area contributed by atoms with Crippen molar-refractivity contribution in [1.29, 1.82) is 0 Å². The van der Waals surface area contributed by atoms with Crippen molar-refractivity contribution in [3.05, 3.63) is 11.7 Å². The van der Waals surface area contributed by atoms with Gasteiger partial charge in [0.15, 0.2) is 5.82 Å². The van der Waals surface area contributed by atoms with Gasteiger partial charge in [0.25, 0.3) is 0 Å². The van der Waals surface area contributed by atoms with Crippen molar-refractivity contribution in [2.45, 2.75) is 69.9 Å². The summed E-state index contributed by atoms with van der Waals surface area (Å²) in [5.41, 5.74) is 5.76. The molecule has 0 saturated heterocycles. The van der Waals surface area contributed by atoms with E-state index in [1.165, 1.54) is 6.42 Å².